The molecule has 0 fully saturated rings. The van der Waals surface area contributed by atoms with E-state index in [1.807, 2.05) is 0 Å². The van der Waals surface area contributed by atoms with E-state index in [0.717, 1.165) is 12.1 Å². The molecule has 0 saturated heterocycles. The summed E-state index contributed by atoms with van der Waals surface area (Å²) < 4.78 is 0. The second-order valence-corrected chi connectivity index (χ2v) is 4.79. The molecule has 0 saturated carbocycles. The first-order valence-electron chi connectivity index (χ1n) is 5.73. The lowest BCUT2D eigenvalue weighted by Crippen LogP contribution is -2.03. The lowest BCUT2D eigenvalue weighted by molar-refractivity contribution is 0.298. The average molecular weight is 210 g/mol. The Kier molecular flexibility index (Phi) is 4.33. The first-order valence-corrected chi connectivity index (χ1v) is 5.73. The Morgan fingerprint density at radius 1 is 1.27 bits per heavy atom. The van der Waals surface area contributed by atoms with Crippen LogP contribution in [0.3, 0.4) is 0 Å². The van der Waals surface area contributed by atoms with E-state index >= 15 is 0 Å². The van der Waals surface area contributed by atoms with E-state index in [0.29, 0.717) is 18.3 Å². The third-order valence-electron chi connectivity index (χ3n) is 2.51. The van der Waals surface area contributed by atoms with Crippen LogP contribution in [0, 0.1) is 5.92 Å². The summed E-state index contributed by atoms with van der Waals surface area (Å²) in [5.41, 5.74) is 3.53. The van der Waals surface area contributed by atoms with Gasteiger partial charge in [-0.3, -0.25) is 5.10 Å². The van der Waals surface area contributed by atoms with Gasteiger partial charge in [0.15, 0.2) is 0 Å². The van der Waals surface area contributed by atoms with Crippen molar-refractivity contribution >= 4 is 0 Å². The van der Waals surface area contributed by atoms with Crippen molar-refractivity contribution in [2.45, 2.75) is 46.5 Å². The van der Waals surface area contributed by atoms with Gasteiger partial charge >= 0.3 is 0 Å². The standard InChI is InChI=1S/C12H22N2O/c1-8(2)7-11-10(5-6-15)12(9(3)4)14-13-11/h8-9,15H,5-7H2,1-4H3,(H,13,14). The Morgan fingerprint density at radius 2 is 1.93 bits per heavy atom. The Bertz CT molecular complexity index is 303. The molecule has 0 bridgehead atoms. The van der Waals surface area contributed by atoms with Gasteiger partial charge in [-0.25, -0.2) is 0 Å². The van der Waals surface area contributed by atoms with Crippen LogP contribution in [0.25, 0.3) is 0 Å². The lowest BCUT2D eigenvalue weighted by atomic mass is 9.97. The van der Waals surface area contributed by atoms with Gasteiger partial charge in [-0.05, 0) is 30.2 Å². The predicted octanol–water partition coefficient (Wildman–Crippen LogP) is 2.27. The van der Waals surface area contributed by atoms with E-state index in [4.69, 9.17) is 5.11 Å². The highest BCUT2D eigenvalue weighted by Crippen LogP contribution is 2.22. The number of rotatable bonds is 5. The van der Waals surface area contributed by atoms with Crippen molar-refractivity contribution in [3.05, 3.63) is 17.0 Å². The first-order chi connectivity index (χ1) is 7.06. The van der Waals surface area contributed by atoms with Gasteiger partial charge in [0.25, 0.3) is 0 Å². The Morgan fingerprint density at radius 3 is 2.40 bits per heavy atom. The molecule has 0 spiro atoms. The van der Waals surface area contributed by atoms with Gasteiger partial charge in [0, 0.05) is 12.3 Å². The average Bonchev–Trinajstić information content (AvgIpc) is 2.48. The van der Waals surface area contributed by atoms with Gasteiger partial charge in [0.1, 0.15) is 0 Å². The number of hydrogen-bond acceptors (Lipinski definition) is 2. The zero-order valence-electron chi connectivity index (χ0n) is 10.2. The molecule has 1 aromatic heterocycles. The van der Waals surface area contributed by atoms with Crippen LogP contribution in [-0.4, -0.2) is 21.9 Å². The number of H-pyrrole nitrogens is 1. The van der Waals surface area contributed by atoms with Crippen molar-refractivity contribution in [1.29, 1.82) is 0 Å². The van der Waals surface area contributed by atoms with Gasteiger partial charge in [0.2, 0.25) is 0 Å². The minimum Gasteiger partial charge on any atom is -0.396 e. The number of hydrogen-bond donors (Lipinski definition) is 2. The topological polar surface area (TPSA) is 48.9 Å². The van der Waals surface area contributed by atoms with Crippen LogP contribution in [0.4, 0.5) is 0 Å². The monoisotopic (exact) mass is 210 g/mol. The van der Waals surface area contributed by atoms with E-state index < -0.39 is 0 Å². The van der Waals surface area contributed by atoms with Crippen LogP contribution < -0.4 is 0 Å². The highest BCUT2D eigenvalue weighted by molar-refractivity contribution is 5.28. The van der Waals surface area contributed by atoms with E-state index in [1.165, 1.54) is 11.3 Å². The van der Waals surface area contributed by atoms with E-state index in [2.05, 4.69) is 37.9 Å². The first kappa shape index (κ1) is 12.2. The molecular weight excluding hydrogens is 188 g/mol. The second kappa shape index (κ2) is 5.31. The highest BCUT2D eigenvalue weighted by Gasteiger charge is 2.15. The summed E-state index contributed by atoms with van der Waals surface area (Å²) in [4.78, 5) is 0. The van der Waals surface area contributed by atoms with Crippen LogP contribution in [0.1, 0.15) is 50.6 Å². The summed E-state index contributed by atoms with van der Waals surface area (Å²) in [6, 6.07) is 0. The second-order valence-electron chi connectivity index (χ2n) is 4.79. The third-order valence-corrected chi connectivity index (χ3v) is 2.51. The van der Waals surface area contributed by atoms with Gasteiger partial charge < -0.3 is 5.11 Å². The van der Waals surface area contributed by atoms with Gasteiger partial charge in [-0.2, -0.15) is 5.10 Å². The van der Waals surface area contributed by atoms with Crippen LogP contribution in [0.5, 0.6) is 0 Å². The van der Waals surface area contributed by atoms with Gasteiger partial charge in [0.05, 0.1) is 5.69 Å². The lowest BCUT2D eigenvalue weighted by Gasteiger charge is -2.08. The molecule has 1 heterocycles. The maximum atomic E-state index is 9.06. The molecular formula is C12H22N2O. The molecule has 3 heteroatoms. The maximum Gasteiger partial charge on any atom is 0.0683 e. The fraction of sp³-hybridized carbons (Fsp3) is 0.750. The highest BCUT2D eigenvalue weighted by atomic mass is 16.2. The van der Waals surface area contributed by atoms with E-state index in [-0.39, 0.29) is 6.61 Å². The minimum absolute atomic E-state index is 0.199. The molecule has 15 heavy (non-hydrogen) atoms. The molecule has 1 aromatic rings. The van der Waals surface area contributed by atoms with Crippen molar-refractivity contribution in [2.75, 3.05) is 6.61 Å². The molecule has 3 nitrogen and oxygen atoms in total. The van der Waals surface area contributed by atoms with E-state index in [1.54, 1.807) is 0 Å². The number of aromatic amines is 1. The van der Waals surface area contributed by atoms with Crippen LogP contribution >= 0.6 is 0 Å². The number of aromatic nitrogens is 2. The molecule has 2 N–H and O–H groups in total. The summed E-state index contributed by atoms with van der Waals surface area (Å²) in [5, 5.41) is 16.5. The van der Waals surface area contributed by atoms with Gasteiger partial charge in [-0.15, -0.1) is 0 Å². The largest absolute Gasteiger partial charge is 0.396 e. The number of aliphatic hydroxyl groups excluding tert-OH is 1. The summed E-state index contributed by atoms with van der Waals surface area (Å²) in [7, 11) is 0. The van der Waals surface area contributed by atoms with Crippen molar-refractivity contribution in [2.24, 2.45) is 5.92 Å². The maximum absolute atomic E-state index is 9.06. The molecule has 0 aliphatic carbocycles. The number of aliphatic hydroxyl groups is 1. The molecule has 1 rings (SSSR count). The molecule has 0 atom stereocenters. The molecule has 0 amide bonds. The SMILES string of the molecule is CC(C)Cc1[nH]nc(C(C)C)c1CCO. The zero-order chi connectivity index (χ0) is 11.4. The van der Waals surface area contributed by atoms with Gasteiger partial charge in [-0.1, -0.05) is 27.7 Å². The van der Waals surface area contributed by atoms with Crippen molar-refractivity contribution < 1.29 is 5.11 Å². The normalized spacial score (nSPS) is 11.7. The minimum atomic E-state index is 0.199. The van der Waals surface area contributed by atoms with Crippen LogP contribution in [0.15, 0.2) is 0 Å². The molecule has 0 aliphatic heterocycles. The van der Waals surface area contributed by atoms with Crippen molar-refractivity contribution in [1.82, 2.24) is 10.2 Å². The summed E-state index contributed by atoms with van der Waals surface area (Å²) in [6.45, 7) is 8.86. The number of nitrogens with one attached hydrogen (secondary N) is 1. The fourth-order valence-corrected chi connectivity index (χ4v) is 1.86. The van der Waals surface area contributed by atoms with Crippen molar-refractivity contribution in [3.63, 3.8) is 0 Å². The fourth-order valence-electron chi connectivity index (χ4n) is 1.86. The summed E-state index contributed by atoms with van der Waals surface area (Å²) in [5.74, 6) is 1.03. The summed E-state index contributed by atoms with van der Waals surface area (Å²) >= 11 is 0. The Balaban J connectivity index is 2.95. The third kappa shape index (κ3) is 3.06. The number of nitrogens with zero attached hydrogens (tertiary/aromatic N) is 1. The quantitative estimate of drug-likeness (QED) is 0.783. The Hall–Kier alpha value is -0.830. The molecule has 0 aliphatic rings. The Labute approximate surface area is 91.9 Å². The molecule has 0 radical (unpaired) electrons. The smallest absolute Gasteiger partial charge is 0.0683 e. The molecule has 86 valence electrons. The summed E-state index contributed by atoms with van der Waals surface area (Å²) in [6.07, 6.45) is 1.72. The van der Waals surface area contributed by atoms with E-state index in [9.17, 15) is 0 Å². The molecule has 0 aromatic carbocycles. The van der Waals surface area contributed by atoms with Crippen LogP contribution in [-0.2, 0) is 12.8 Å². The predicted molar refractivity (Wildman–Crippen MR) is 62.0 cm³/mol. The molecule has 0 unspecified atom stereocenters. The van der Waals surface area contributed by atoms with Crippen molar-refractivity contribution in [3.8, 4) is 0 Å². The zero-order valence-corrected chi connectivity index (χ0v) is 10.2. The van der Waals surface area contributed by atoms with Crippen LogP contribution in [0.2, 0.25) is 0 Å².